The second-order valence-electron chi connectivity index (χ2n) is 2.14. The predicted molar refractivity (Wildman–Crippen MR) is 40.3 cm³/mol. The molecule has 2 amide bonds. The normalized spacial score (nSPS) is 9.14. The minimum absolute atomic E-state index is 0.407. The number of halogens is 3. The lowest BCUT2D eigenvalue weighted by molar-refractivity contribution is -0.139. The van der Waals surface area contributed by atoms with Gasteiger partial charge in [0.05, 0.1) is 0 Å². The van der Waals surface area contributed by atoms with Gasteiger partial charge in [-0.3, -0.25) is 15.0 Å². The Labute approximate surface area is 77.1 Å². The van der Waals surface area contributed by atoms with Crippen LogP contribution in [0.2, 0.25) is 0 Å². The first-order chi connectivity index (χ1) is 6.49. The Hall–Kier alpha value is -1.57. The van der Waals surface area contributed by atoms with Gasteiger partial charge in [0, 0.05) is 13.0 Å². The Morgan fingerprint density at radius 3 is 2.14 bits per heavy atom. The monoisotopic (exact) mass is 211 g/mol. The molecule has 0 fully saturated rings. The highest BCUT2D eigenvalue weighted by Crippen LogP contribution is 2.11. The van der Waals surface area contributed by atoms with Crippen molar-refractivity contribution >= 4 is 11.8 Å². The predicted octanol–water partition coefficient (Wildman–Crippen LogP) is -0.440. The molecule has 0 saturated carbocycles. The van der Waals surface area contributed by atoms with Gasteiger partial charge in [0.15, 0.2) is 5.83 Å². The van der Waals surface area contributed by atoms with Crippen LogP contribution in [0.25, 0.3) is 0 Å². The molecule has 0 rings (SSSR count). The number of hydrogen-bond donors (Lipinski definition) is 3. The number of hydrogen-bond acceptors (Lipinski definition) is 3. The summed E-state index contributed by atoms with van der Waals surface area (Å²) in [4.78, 5) is 21.0. The minimum atomic E-state index is -2.44. The van der Waals surface area contributed by atoms with Crippen molar-refractivity contribution in [1.29, 1.82) is 0 Å². The summed E-state index contributed by atoms with van der Waals surface area (Å²) in [5.41, 5.74) is 1.52. The van der Waals surface area contributed by atoms with Crippen molar-refractivity contribution in [3.63, 3.8) is 0 Å². The molecule has 0 radical (unpaired) electrons. The standard InChI is InChI=1S/C6H8F3N3O2/c7-3(4(8)9)1-2-11-5(13)6(14)12-10/h1-2,10H2,(H,11,13)(H,12,14). The lowest BCUT2D eigenvalue weighted by Gasteiger charge is -2.01. The molecule has 8 heteroatoms. The van der Waals surface area contributed by atoms with E-state index >= 15 is 0 Å². The van der Waals surface area contributed by atoms with E-state index in [2.05, 4.69) is 5.84 Å². The van der Waals surface area contributed by atoms with E-state index in [4.69, 9.17) is 0 Å². The van der Waals surface area contributed by atoms with Crippen molar-refractivity contribution in [2.75, 3.05) is 6.54 Å². The van der Waals surface area contributed by atoms with Crippen LogP contribution in [0.3, 0.4) is 0 Å². The Balaban J connectivity index is 3.81. The van der Waals surface area contributed by atoms with Crippen molar-refractivity contribution in [2.45, 2.75) is 6.42 Å². The molecule has 0 aliphatic heterocycles. The average molecular weight is 211 g/mol. The zero-order chi connectivity index (χ0) is 11.1. The van der Waals surface area contributed by atoms with Gasteiger partial charge in [-0.25, -0.2) is 10.2 Å². The maximum atomic E-state index is 12.1. The van der Waals surface area contributed by atoms with Gasteiger partial charge in [-0.15, -0.1) is 0 Å². The quantitative estimate of drug-likeness (QED) is 0.256. The molecule has 4 N–H and O–H groups in total. The van der Waals surface area contributed by atoms with Crippen LogP contribution in [0.5, 0.6) is 0 Å². The van der Waals surface area contributed by atoms with Crippen LogP contribution in [0.1, 0.15) is 6.42 Å². The van der Waals surface area contributed by atoms with E-state index in [9.17, 15) is 22.8 Å². The molecule has 80 valence electrons. The van der Waals surface area contributed by atoms with Crippen molar-refractivity contribution in [3.8, 4) is 0 Å². The molecular formula is C6H8F3N3O2. The minimum Gasteiger partial charge on any atom is -0.347 e. The van der Waals surface area contributed by atoms with Crippen LogP contribution in [0, 0.1) is 0 Å². The summed E-state index contributed by atoms with van der Waals surface area (Å²) in [6, 6.07) is 0. The van der Waals surface area contributed by atoms with Crippen molar-refractivity contribution < 1.29 is 22.8 Å². The molecule has 5 nitrogen and oxygen atoms in total. The smallest absolute Gasteiger partial charge is 0.323 e. The highest BCUT2D eigenvalue weighted by atomic mass is 19.3. The van der Waals surface area contributed by atoms with Gasteiger partial charge >= 0.3 is 17.9 Å². The fraction of sp³-hybridized carbons (Fsp3) is 0.333. The van der Waals surface area contributed by atoms with E-state index in [1.165, 1.54) is 5.43 Å². The molecule has 0 aromatic rings. The van der Waals surface area contributed by atoms with Crippen LogP contribution in [-0.2, 0) is 9.59 Å². The number of rotatable bonds is 3. The van der Waals surface area contributed by atoms with Crippen LogP contribution in [-0.4, -0.2) is 18.4 Å². The second kappa shape index (κ2) is 5.97. The van der Waals surface area contributed by atoms with E-state index in [1.54, 1.807) is 0 Å². The molecule has 0 unspecified atom stereocenters. The molecule has 14 heavy (non-hydrogen) atoms. The molecule has 0 saturated heterocycles. The zero-order valence-electron chi connectivity index (χ0n) is 6.94. The second-order valence-corrected chi connectivity index (χ2v) is 2.14. The number of nitrogens with two attached hydrogens (primary N) is 1. The van der Waals surface area contributed by atoms with E-state index in [0.717, 1.165) is 0 Å². The zero-order valence-corrected chi connectivity index (χ0v) is 6.94. The van der Waals surface area contributed by atoms with E-state index < -0.39 is 36.7 Å². The van der Waals surface area contributed by atoms with Gasteiger partial charge in [-0.05, 0) is 0 Å². The molecule has 0 atom stereocenters. The van der Waals surface area contributed by atoms with Crippen molar-refractivity contribution in [2.24, 2.45) is 5.84 Å². The van der Waals surface area contributed by atoms with Crippen LogP contribution in [0.15, 0.2) is 11.9 Å². The van der Waals surface area contributed by atoms with E-state index in [0.29, 0.717) is 0 Å². The van der Waals surface area contributed by atoms with E-state index in [-0.39, 0.29) is 0 Å². The molecule has 0 spiro atoms. The number of carbonyl (C=O) groups is 2. The molecule has 0 aromatic carbocycles. The third-order valence-electron chi connectivity index (χ3n) is 1.17. The molecule has 0 aromatic heterocycles. The Kier molecular flexibility index (Phi) is 5.30. The molecule has 0 heterocycles. The van der Waals surface area contributed by atoms with Gasteiger partial charge in [-0.1, -0.05) is 0 Å². The lowest BCUT2D eigenvalue weighted by Crippen LogP contribution is -2.43. The molecular weight excluding hydrogens is 203 g/mol. The topological polar surface area (TPSA) is 84.2 Å². The van der Waals surface area contributed by atoms with Crippen LogP contribution in [0.4, 0.5) is 13.2 Å². The van der Waals surface area contributed by atoms with Gasteiger partial charge in [0.2, 0.25) is 0 Å². The van der Waals surface area contributed by atoms with Gasteiger partial charge in [0.25, 0.3) is 0 Å². The van der Waals surface area contributed by atoms with Gasteiger partial charge in [0.1, 0.15) is 0 Å². The summed E-state index contributed by atoms with van der Waals surface area (Å²) in [6.45, 7) is -0.407. The lowest BCUT2D eigenvalue weighted by atomic mass is 10.4. The van der Waals surface area contributed by atoms with E-state index in [1.807, 2.05) is 5.32 Å². The number of amides is 2. The number of hydrazine groups is 1. The van der Waals surface area contributed by atoms with Crippen LogP contribution >= 0.6 is 0 Å². The van der Waals surface area contributed by atoms with Crippen molar-refractivity contribution in [3.05, 3.63) is 11.9 Å². The maximum Gasteiger partial charge on any atom is 0.323 e. The van der Waals surface area contributed by atoms with Gasteiger partial charge in [-0.2, -0.15) is 8.78 Å². The van der Waals surface area contributed by atoms with Crippen LogP contribution < -0.4 is 16.6 Å². The summed E-state index contributed by atoms with van der Waals surface area (Å²) in [7, 11) is 0. The SMILES string of the molecule is NNC(=O)C(=O)NCCC(F)=C(F)F. The maximum absolute atomic E-state index is 12.1. The molecule has 0 aliphatic rings. The Bertz CT molecular complexity index is 263. The highest BCUT2D eigenvalue weighted by Gasteiger charge is 2.11. The summed E-state index contributed by atoms with van der Waals surface area (Å²) >= 11 is 0. The third-order valence-corrected chi connectivity index (χ3v) is 1.17. The summed E-state index contributed by atoms with van der Waals surface area (Å²) in [5, 5.41) is 1.88. The first kappa shape index (κ1) is 12.4. The van der Waals surface area contributed by atoms with Gasteiger partial charge < -0.3 is 5.32 Å². The first-order valence-electron chi connectivity index (χ1n) is 3.47. The fourth-order valence-corrected chi connectivity index (χ4v) is 0.526. The summed E-state index contributed by atoms with van der Waals surface area (Å²) in [6.07, 6.45) is -3.12. The summed E-state index contributed by atoms with van der Waals surface area (Å²) < 4.78 is 35.1. The fourth-order valence-electron chi connectivity index (χ4n) is 0.526. The highest BCUT2D eigenvalue weighted by molar-refractivity contribution is 6.34. The Morgan fingerprint density at radius 1 is 1.14 bits per heavy atom. The largest absolute Gasteiger partial charge is 0.347 e. The molecule has 0 bridgehead atoms. The number of carbonyl (C=O) groups excluding carboxylic acids is 2. The average Bonchev–Trinajstić information content (AvgIpc) is 2.15. The summed E-state index contributed by atoms with van der Waals surface area (Å²) in [5.74, 6) is 0.721. The third kappa shape index (κ3) is 4.45. The molecule has 0 aliphatic carbocycles. The Morgan fingerprint density at radius 2 is 1.71 bits per heavy atom. The van der Waals surface area contributed by atoms with Crippen molar-refractivity contribution in [1.82, 2.24) is 10.7 Å². The number of nitrogens with one attached hydrogen (secondary N) is 2. The first-order valence-corrected chi connectivity index (χ1v) is 3.47.